The van der Waals surface area contributed by atoms with E-state index >= 15 is 0 Å². The van der Waals surface area contributed by atoms with Crippen LogP contribution in [-0.4, -0.2) is 0 Å². The second kappa shape index (κ2) is 13.3. The summed E-state index contributed by atoms with van der Waals surface area (Å²) in [5.41, 5.74) is 1.85. The fourth-order valence-electron chi connectivity index (χ4n) is 5.65. The van der Waals surface area contributed by atoms with Gasteiger partial charge in [-0.25, -0.2) is 8.78 Å². The normalized spacial score (nSPS) is 24.1. The van der Waals surface area contributed by atoms with E-state index in [1.165, 1.54) is 77.0 Å². The highest BCUT2D eigenvalue weighted by atomic mass is 19.2. The second-order valence-electron chi connectivity index (χ2n) is 10.4. The van der Waals surface area contributed by atoms with Gasteiger partial charge < -0.3 is 0 Å². The van der Waals surface area contributed by atoms with Crippen LogP contribution in [0.4, 0.5) is 8.78 Å². The molecule has 32 heavy (non-hydrogen) atoms. The minimum Gasteiger partial charge on any atom is -0.203 e. The molecule has 0 bridgehead atoms. The molecule has 1 unspecified atom stereocenters. The van der Waals surface area contributed by atoms with Gasteiger partial charge >= 0.3 is 0 Å². The number of unbranched alkanes of at least 4 members (excludes halogenated alkanes) is 3. The summed E-state index contributed by atoms with van der Waals surface area (Å²) in [4.78, 5) is 0. The van der Waals surface area contributed by atoms with Crippen molar-refractivity contribution in [3.05, 3.63) is 53.1 Å². The first-order valence-corrected chi connectivity index (χ1v) is 13.4. The van der Waals surface area contributed by atoms with E-state index in [0.29, 0.717) is 17.0 Å². The zero-order chi connectivity index (χ0) is 22.8. The monoisotopic (exact) mass is 442 g/mol. The molecular formula is C30H44F2. The van der Waals surface area contributed by atoms with Gasteiger partial charge in [0.15, 0.2) is 11.6 Å². The van der Waals surface area contributed by atoms with Crippen molar-refractivity contribution in [1.82, 2.24) is 0 Å². The lowest BCUT2D eigenvalue weighted by Gasteiger charge is -2.30. The standard InChI is InChI=1S/C30H44F2/c1-3-4-5-6-7-8-9-10-24-12-14-25(15-13-24)16-17-26-18-20-27(21-19-26)28-22-11-23(2)29(31)30(28)32/h7-8,11,20,22,24-26H,3-6,9-10,12-19,21H2,1-2H3. The fourth-order valence-corrected chi connectivity index (χ4v) is 5.65. The van der Waals surface area contributed by atoms with Crippen molar-refractivity contribution < 1.29 is 8.78 Å². The number of allylic oxidation sites excluding steroid dienone is 4. The Kier molecular flexibility index (Phi) is 10.5. The van der Waals surface area contributed by atoms with E-state index in [1.54, 1.807) is 19.1 Å². The van der Waals surface area contributed by atoms with Crippen molar-refractivity contribution in [2.45, 2.75) is 110 Å². The maximum atomic E-state index is 14.3. The maximum absolute atomic E-state index is 14.3. The third-order valence-electron chi connectivity index (χ3n) is 7.97. The Balaban J connectivity index is 1.32. The first-order chi connectivity index (χ1) is 15.6. The third kappa shape index (κ3) is 7.56. The van der Waals surface area contributed by atoms with Crippen LogP contribution in [0.5, 0.6) is 0 Å². The topological polar surface area (TPSA) is 0 Å². The van der Waals surface area contributed by atoms with Gasteiger partial charge in [-0.1, -0.05) is 82.2 Å². The number of rotatable bonds is 11. The summed E-state index contributed by atoms with van der Waals surface area (Å²) >= 11 is 0. The van der Waals surface area contributed by atoms with E-state index in [-0.39, 0.29) is 0 Å². The molecule has 1 aromatic carbocycles. The van der Waals surface area contributed by atoms with Crippen molar-refractivity contribution in [3.8, 4) is 0 Å². The van der Waals surface area contributed by atoms with Crippen LogP contribution in [0.1, 0.15) is 114 Å². The van der Waals surface area contributed by atoms with Crippen molar-refractivity contribution in [3.63, 3.8) is 0 Å². The zero-order valence-electron chi connectivity index (χ0n) is 20.5. The lowest BCUT2D eigenvalue weighted by atomic mass is 9.76. The first kappa shape index (κ1) is 25.2. The van der Waals surface area contributed by atoms with E-state index in [0.717, 1.165) is 36.7 Å². The lowest BCUT2D eigenvalue weighted by molar-refractivity contribution is 0.239. The number of aryl methyl sites for hydroxylation is 1. The predicted octanol–water partition coefficient (Wildman–Crippen LogP) is 9.96. The summed E-state index contributed by atoms with van der Waals surface area (Å²) in [5.74, 6) is 1.21. The van der Waals surface area contributed by atoms with Gasteiger partial charge in [-0.2, -0.15) is 0 Å². The molecule has 0 spiro atoms. The molecule has 1 fully saturated rings. The van der Waals surface area contributed by atoms with Crippen molar-refractivity contribution >= 4 is 5.57 Å². The van der Waals surface area contributed by atoms with Crippen LogP contribution in [-0.2, 0) is 0 Å². The second-order valence-corrected chi connectivity index (χ2v) is 10.4. The third-order valence-corrected chi connectivity index (χ3v) is 7.97. The van der Waals surface area contributed by atoms with E-state index in [4.69, 9.17) is 0 Å². The number of hydrogen-bond acceptors (Lipinski definition) is 0. The number of benzene rings is 1. The molecular weight excluding hydrogens is 398 g/mol. The van der Waals surface area contributed by atoms with Crippen molar-refractivity contribution in [2.24, 2.45) is 17.8 Å². The molecule has 0 nitrogen and oxygen atoms in total. The molecule has 2 aliphatic rings. The van der Waals surface area contributed by atoms with Crippen molar-refractivity contribution in [1.29, 1.82) is 0 Å². The molecule has 2 heteroatoms. The van der Waals surface area contributed by atoms with Crippen LogP contribution < -0.4 is 0 Å². The average Bonchev–Trinajstić information content (AvgIpc) is 2.82. The largest absolute Gasteiger partial charge is 0.203 e. The van der Waals surface area contributed by atoms with Crippen LogP contribution in [0.2, 0.25) is 0 Å². The van der Waals surface area contributed by atoms with E-state index in [9.17, 15) is 8.78 Å². The Morgan fingerprint density at radius 3 is 2.19 bits per heavy atom. The minimum absolute atomic E-state index is 0.383. The highest BCUT2D eigenvalue weighted by Gasteiger charge is 2.23. The Hall–Kier alpha value is -1.44. The molecule has 1 aromatic rings. The summed E-state index contributed by atoms with van der Waals surface area (Å²) < 4.78 is 28.2. The Bertz CT molecular complexity index is 752. The highest BCUT2D eigenvalue weighted by Crippen LogP contribution is 2.38. The van der Waals surface area contributed by atoms with Crippen LogP contribution >= 0.6 is 0 Å². The van der Waals surface area contributed by atoms with Gasteiger partial charge in [0.05, 0.1) is 0 Å². The Labute approximate surface area is 195 Å². The van der Waals surface area contributed by atoms with Gasteiger partial charge in [-0.15, -0.1) is 0 Å². The van der Waals surface area contributed by atoms with Gasteiger partial charge in [-0.3, -0.25) is 0 Å². The van der Waals surface area contributed by atoms with Crippen molar-refractivity contribution in [2.75, 3.05) is 0 Å². The van der Waals surface area contributed by atoms with Crippen LogP contribution in [0.25, 0.3) is 5.57 Å². The summed E-state index contributed by atoms with van der Waals surface area (Å²) in [7, 11) is 0. The van der Waals surface area contributed by atoms with Gasteiger partial charge in [0.1, 0.15) is 0 Å². The van der Waals surface area contributed by atoms with E-state index in [2.05, 4.69) is 25.2 Å². The van der Waals surface area contributed by atoms with Gasteiger partial charge in [0.25, 0.3) is 0 Å². The smallest absolute Gasteiger partial charge is 0.166 e. The molecule has 0 aliphatic heterocycles. The number of halogens is 2. The Morgan fingerprint density at radius 2 is 1.50 bits per heavy atom. The van der Waals surface area contributed by atoms with E-state index < -0.39 is 11.6 Å². The molecule has 1 saturated carbocycles. The summed E-state index contributed by atoms with van der Waals surface area (Å²) in [6.45, 7) is 3.88. The van der Waals surface area contributed by atoms with E-state index in [1.807, 2.05) is 0 Å². The molecule has 1 atom stereocenters. The molecule has 2 aliphatic carbocycles. The average molecular weight is 443 g/mol. The first-order valence-electron chi connectivity index (χ1n) is 13.4. The molecule has 0 N–H and O–H groups in total. The molecule has 3 rings (SSSR count). The molecule has 0 saturated heterocycles. The van der Waals surface area contributed by atoms with Gasteiger partial charge in [0, 0.05) is 5.56 Å². The predicted molar refractivity (Wildman–Crippen MR) is 134 cm³/mol. The fraction of sp³-hybridized carbons (Fsp3) is 0.667. The summed E-state index contributed by atoms with van der Waals surface area (Å²) in [5, 5.41) is 0. The maximum Gasteiger partial charge on any atom is 0.166 e. The van der Waals surface area contributed by atoms with Crippen LogP contribution in [0.3, 0.4) is 0 Å². The Morgan fingerprint density at radius 1 is 0.812 bits per heavy atom. The molecule has 178 valence electrons. The summed E-state index contributed by atoms with van der Waals surface area (Å²) in [6, 6.07) is 3.45. The SMILES string of the molecule is CCCCCC=CCCC1CCC(CCC2CC=C(c3ccc(C)c(F)c3F)CC2)CC1. The summed E-state index contributed by atoms with van der Waals surface area (Å²) in [6.07, 6.45) is 26.2. The van der Waals surface area contributed by atoms with Crippen LogP contribution in [0.15, 0.2) is 30.4 Å². The molecule has 0 amide bonds. The highest BCUT2D eigenvalue weighted by molar-refractivity contribution is 5.67. The molecule has 0 aromatic heterocycles. The quantitative estimate of drug-likeness (QED) is 0.236. The zero-order valence-corrected chi connectivity index (χ0v) is 20.5. The number of hydrogen-bond donors (Lipinski definition) is 0. The lowest BCUT2D eigenvalue weighted by Crippen LogP contribution is -2.16. The van der Waals surface area contributed by atoms with Gasteiger partial charge in [0.2, 0.25) is 0 Å². The molecule has 0 heterocycles. The van der Waals surface area contributed by atoms with Crippen LogP contribution in [0, 0.1) is 36.3 Å². The molecule has 0 radical (unpaired) electrons. The van der Waals surface area contributed by atoms with Gasteiger partial charge in [-0.05, 0) is 87.2 Å². The minimum atomic E-state index is -0.691.